The van der Waals surface area contributed by atoms with Crippen LogP contribution in [-0.2, 0) is 6.42 Å². The maximum absolute atomic E-state index is 6.26. The molecule has 1 rings (SSSR count). The molecule has 0 saturated carbocycles. The first-order valence-electron chi connectivity index (χ1n) is 5.89. The van der Waals surface area contributed by atoms with E-state index in [9.17, 15) is 0 Å². The second kappa shape index (κ2) is 6.77. The first-order valence-corrected chi connectivity index (χ1v) is 6.27. The SMILES string of the molecule is CCCCN(C)c1c(Cl)cccc1CCN. The Balaban J connectivity index is 2.90. The van der Waals surface area contributed by atoms with Crippen LogP contribution in [0.3, 0.4) is 0 Å². The molecule has 16 heavy (non-hydrogen) atoms. The lowest BCUT2D eigenvalue weighted by Gasteiger charge is -2.23. The van der Waals surface area contributed by atoms with Gasteiger partial charge >= 0.3 is 0 Å². The summed E-state index contributed by atoms with van der Waals surface area (Å²) in [5.74, 6) is 0. The molecule has 0 heterocycles. The fourth-order valence-electron chi connectivity index (χ4n) is 1.85. The second-order valence-corrected chi connectivity index (χ2v) is 4.47. The van der Waals surface area contributed by atoms with Gasteiger partial charge in [0.2, 0.25) is 0 Å². The van der Waals surface area contributed by atoms with E-state index >= 15 is 0 Å². The van der Waals surface area contributed by atoms with Gasteiger partial charge < -0.3 is 10.6 Å². The number of rotatable bonds is 6. The highest BCUT2D eigenvalue weighted by atomic mass is 35.5. The quantitative estimate of drug-likeness (QED) is 0.828. The fourth-order valence-corrected chi connectivity index (χ4v) is 2.19. The van der Waals surface area contributed by atoms with Crippen LogP contribution in [0, 0.1) is 0 Å². The highest BCUT2D eigenvalue weighted by molar-refractivity contribution is 6.33. The molecule has 0 aliphatic carbocycles. The van der Waals surface area contributed by atoms with E-state index in [1.807, 2.05) is 12.1 Å². The molecule has 1 aromatic rings. The van der Waals surface area contributed by atoms with Gasteiger partial charge in [-0.1, -0.05) is 37.1 Å². The van der Waals surface area contributed by atoms with E-state index in [2.05, 4.69) is 24.9 Å². The summed E-state index contributed by atoms with van der Waals surface area (Å²) < 4.78 is 0. The molecule has 0 aliphatic rings. The normalized spacial score (nSPS) is 10.5. The van der Waals surface area contributed by atoms with Crippen molar-refractivity contribution in [2.24, 2.45) is 5.73 Å². The summed E-state index contributed by atoms with van der Waals surface area (Å²) in [5, 5.41) is 0.824. The fraction of sp³-hybridized carbons (Fsp3) is 0.538. The number of anilines is 1. The van der Waals surface area contributed by atoms with Crippen LogP contribution in [0.1, 0.15) is 25.3 Å². The molecule has 1 aromatic carbocycles. The number of unbranched alkanes of at least 4 members (excludes halogenated alkanes) is 1. The van der Waals surface area contributed by atoms with E-state index in [1.165, 1.54) is 18.4 Å². The van der Waals surface area contributed by atoms with Crippen LogP contribution < -0.4 is 10.6 Å². The molecule has 0 unspecified atom stereocenters. The lowest BCUT2D eigenvalue weighted by molar-refractivity contribution is 0.762. The zero-order valence-corrected chi connectivity index (χ0v) is 10.9. The third-order valence-corrected chi connectivity index (χ3v) is 3.02. The minimum Gasteiger partial charge on any atom is -0.373 e. The van der Waals surface area contributed by atoms with Gasteiger partial charge in [0.15, 0.2) is 0 Å². The highest BCUT2D eigenvalue weighted by Crippen LogP contribution is 2.29. The molecule has 2 nitrogen and oxygen atoms in total. The van der Waals surface area contributed by atoms with Crippen LogP contribution in [0.15, 0.2) is 18.2 Å². The van der Waals surface area contributed by atoms with Crippen molar-refractivity contribution in [3.63, 3.8) is 0 Å². The van der Waals surface area contributed by atoms with Crippen molar-refractivity contribution in [3.05, 3.63) is 28.8 Å². The van der Waals surface area contributed by atoms with E-state index < -0.39 is 0 Å². The van der Waals surface area contributed by atoms with Crippen LogP contribution in [0.5, 0.6) is 0 Å². The standard InChI is InChI=1S/C13H21ClN2/c1-3-4-10-16(2)13-11(8-9-15)6-5-7-12(13)14/h5-7H,3-4,8-10,15H2,1-2H3. The Morgan fingerprint density at radius 2 is 2.12 bits per heavy atom. The second-order valence-electron chi connectivity index (χ2n) is 4.06. The molecule has 0 atom stereocenters. The minimum atomic E-state index is 0.662. The Bertz CT molecular complexity index is 326. The Labute approximate surface area is 103 Å². The molecule has 3 heteroatoms. The predicted octanol–water partition coefficient (Wildman–Crippen LogP) is 3.08. The summed E-state index contributed by atoms with van der Waals surface area (Å²) in [4.78, 5) is 2.23. The van der Waals surface area contributed by atoms with Gasteiger partial charge in [0.1, 0.15) is 0 Å². The van der Waals surface area contributed by atoms with Gasteiger partial charge in [-0.05, 0) is 31.0 Å². The van der Waals surface area contributed by atoms with E-state index in [1.54, 1.807) is 0 Å². The molecule has 0 radical (unpaired) electrons. The van der Waals surface area contributed by atoms with Gasteiger partial charge in [-0.25, -0.2) is 0 Å². The minimum absolute atomic E-state index is 0.662. The largest absolute Gasteiger partial charge is 0.373 e. The smallest absolute Gasteiger partial charge is 0.0642 e. The number of para-hydroxylation sites is 1. The van der Waals surface area contributed by atoms with Crippen LogP contribution >= 0.6 is 11.6 Å². The zero-order valence-electron chi connectivity index (χ0n) is 10.2. The molecular formula is C13H21ClN2. The van der Waals surface area contributed by atoms with Gasteiger partial charge in [-0.15, -0.1) is 0 Å². The lowest BCUT2D eigenvalue weighted by Crippen LogP contribution is -2.21. The lowest BCUT2D eigenvalue weighted by atomic mass is 10.1. The number of nitrogens with zero attached hydrogens (tertiary/aromatic N) is 1. The topological polar surface area (TPSA) is 29.3 Å². The molecule has 0 saturated heterocycles. The van der Waals surface area contributed by atoms with Gasteiger partial charge in [-0.3, -0.25) is 0 Å². The molecule has 0 amide bonds. The average Bonchev–Trinajstić information content (AvgIpc) is 2.26. The van der Waals surface area contributed by atoms with Crippen LogP contribution in [0.4, 0.5) is 5.69 Å². The van der Waals surface area contributed by atoms with Crippen LogP contribution in [0.25, 0.3) is 0 Å². The monoisotopic (exact) mass is 240 g/mol. The van der Waals surface area contributed by atoms with E-state index in [4.69, 9.17) is 17.3 Å². The highest BCUT2D eigenvalue weighted by Gasteiger charge is 2.10. The molecule has 0 fully saturated rings. The van der Waals surface area contributed by atoms with Crippen LogP contribution in [-0.4, -0.2) is 20.1 Å². The summed E-state index contributed by atoms with van der Waals surface area (Å²) in [6.45, 7) is 3.90. The summed E-state index contributed by atoms with van der Waals surface area (Å²) in [7, 11) is 2.09. The summed E-state index contributed by atoms with van der Waals surface area (Å²) in [5.41, 5.74) is 8.00. The number of benzene rings is 1. The van der Waals surface area contributed by atoms with Crippen LogP contribution in [0.2, 0.25) is 5.02 Å². The molecule has 2 N–H and O–H groups in total. The summed E-state index contributed by atoms with van der Waals surface area (Å²) >= 11 is 6.26. The van der Waals surface area contributed by atoms with Crippen molar-refractivity contribution < 1.29 is 0 Å². The third-order valence-electron chi connectivity index (χ3n) is 2.71. The zero-order chi connectivity index (χ0) is 12.0. The predicted molar refractivity (Wildman–Crippen MR) is 72.4 cm³/mol. The van der Waals surface area contributed by atoms with Crippen molar-refractivity contribution >= 4 is 17.3 Å². The number of hydrogen-bond donors (Lipinski definition) is 1. The van der Waals surface area contributed by atoms with Crippen molar-refractivity contribution in [1.82, 2.24) is 0 Å². The Hall–Kier alpha value is -0.730. The molecule has 0 aromatic heterocycles. The van der Waals surface area contributed by atoms with Crippen molar-refractivity contribution in [3.8, 4) is 0 Å². The summed E-state index contributed by atoms with van der Waals surface area (Å²) in [6.07, 6.45) is 3.26. The Morgan fingerprint density at radius 3 is 2.75 bits per heavy atom. The van der Waals surface area contributed by atoms with Gasteiger partial charge in [0, 0.05) is 13.6 Å². The van der Waals surface area contributed by atoms with Crippen molar-refractivity contribution in [1.29, 1.82) is 0 Å². The number of halogens is 1. The molecular weight excluding hydrogens is 220 g/mol. The summed E-state index contributed by atoms with van der Waals surface area (Å²) in [6, 6.07) is 6.04. The maximum atomic E-state index is 6.26. The van der Waals surface area contributed by atoms with E-state index in [0.717, 1.165) is 23.7 Å². The number of nitrogens with two attached hydrogens (primary N) is 1. The van der Waals surface area contributed by atoms with Gasteiger partial charge in [0.05, 0.1) is 10.7 Å². The van der Waals surface area contributed by atoms with Crippen molar-refractivity contribution in [2.75, 3.05) is 25.0 Å². The Kier molecular flexibility index (Phi) is 5.64. The van der Waals surface area contributed by atoms with E-state index in [0.29, 0.717) is 6.54 Å². The van der Waals surface area contributed by atoms with Gasteiger partial charge in [-0.2, -0.15) is 0 Å². The van der Waals surface area contributed by atoms with Crippen molar-refractivity contribution in [2.45, 2.75) is 26.2 Å². The third kappa shape index (κ3) is 3.39. The first-order chi connectivity index (χ1) is 7.70. The molecule has 90 valence electrons. The van der Waals surface area contributed by atoms with E-state index in [-0.39, 0.29) is 0 Å². The van der Waals surface area contributed by atoms with Gasteiger partial charge in [0.25, 0.3) is 0 Å². The Morgan fingerprint density at radius 1 is 1.38 bits per heavy atom. The molecule has 0 spiro atoms. The maximum Gasteiger partial charge on any atom is 0.0642 e. The molecule has 0 aliphatic heterocycles. The average molecular weight is 241 g/mol. The first kappa shape index (κ1) is 13.3. The number of hydrogen-bond acceptors (Lipinski definition) is 2. The molecule has 0 bridgehead atoms.